The van der Waals surface area contributed by atoms with Gasteiger partial charge in [-0.2, -0.15) is 5.26 Å². The van der Waals surface area contributed by atoms with E-state index in [0.29, 0.717) is 0 Å². The van der Waals surface area contributed by atoms with Crippen LogP contribution < -0.4 is 5.32 Å². The van der Waals surface area contributed by atoms with Crippen LogP contribution in [0.25, 0.3) is 0 Å². The second kappa shape index (κ2) is 5.18. The van der Waals surface area contributed by atoms with Gasteiger partial charge >= 0.3 is 0 Å². The molecule has 10 heavy (non-hydrogen) atoms. The highest BCUT2D eigenvalue weighted by atomic mass is 16.3. The van der Waals surface area contributed by atoms with Crippen LogP contribution in [0.2, 0.25) is 0 Å². The molecule has 0 saturated heterocycles. The molecule has 3 N–H and O–H groups in total. The standard InChI is InChI=1S/C6H12N2O2/c1-5(2-7)8-3-6(10)4-9/h5-6,8-10H,3-4H2,1H3. The lowest BCUT2D eigenvalue weighted by atomic mass is 10.3. The van der Waals surface area contributed by atoms with E-state index in [1.165, 1.54) is 0 Å². The molecule has 2 unspecified atom stereocenters. The Labute approximate surface area is 60.1 Å². The summed E-state index contributed by atoms with van der Waals surface area (Å²) >= 11 is 0. The molecule has 0 bridgehead atoms. The van der Waals surface area contributed by atoms with E-state index in [4.69, 9.17) is 15.5 Å². The van der Waals surface area contributed by atoms with Crippen molar-refractivity contribution in [1.82, 2.24) is 5.32 Å². The number of aliphatic hydroxyl groups is 2. The topological polar surface area (TPSA) is 76.3 Å². The maximum Gasteiger partial charge on any atom is 0.0925 e. The Morgan fingerprint density at radius 1 is 1.70 bits per heavy atom. The van der Waals surface area contributed by atoms with Gasteiger partial charge in [0.05, 0.1) is 24.8 Å². The highest BCUT2D eigenvalue weighted by Gasteiger charge is 2.03. The van der Waals surface area contributed by atoms with Crippen LogP contribution in [0, 0.1) is 11.3 Å². The normalized spacial score (nSPS) is 15.8. The van der Waals surface area contributed by atoms with Gasteiger partial charge in [0.25, 0.3) is 0 Å². The number of rotatable bonds is 4. The van der Waals surface area contributed by atoms with Gasteiger partial charge in [-0.15, -0.1) is 0 Å². The summed E-state index contributed by atoms with van der Waals surface area (Å²) in [5.41, 5.74) is 0. The molecule has 2 atom stereocenters. The van der Waals surface area contributed by atoms with E-state index in [9.17, 15) is 0 Å². The molecule has 0 aromatic heterocycles. The third-order valence-electron chi connectivity index (χ3n) is 1.06. The van der Waals surface area contributed by atoms with Crippen LogP contribution in [0.15, 0.2) is 0 Å². The Balaban J connectivity index is 3.28. The first kappa shape index (κ1) is 9.37. The monoisotopic (exact) mass is 144 g/mol. The molecule has 0 saturated carbocycles. The molecule has 0 amide bonds. The van der Waals surface area contributed by atoms with Crippen molar-refractivity contribution in [2.45, 2.75) is 19.1 Å². The molecule has 0 radical (unpaired) electrons. The third kappa shape index (κ3) is 4.27. The average molecular weight is 144 g/mol. The van der Waals surface area contributed by atoms with Gasteiger partial charge < -0.3 is 10.2 Å². The van der Waals surface area contributed by atoms with Gasteiger partial charge in [-0.1, -0.05) is 0 Å². The van der Waals surface area contributed by atoms with Crippen molar-refractivity contribution in [3.8, 4) is 6.07 Å². The molecule has 0 aromatic rings. The van der Waals surface area contributed by atoms with Gasteiger partial charge in [0, 0.05) is 6.54 Å². The lowest BCUT2D eigenvalue weighted by Gasteiger charge is -2.09. The molecule has 58 valence electrons. The molecule has 4 nitrogen and oxygen atoms in total. The molecule has 0 heterocycles. The van der Waals surface area contributed by atoms with E-state index in [0.717, 1.165) is 0 Å². The fourth-order valence-corrected chi connectivity index (χ4v) is 0.423. The zero-order chi connectivity index (χ0) is 7.98. The lowest BCUT2D eigenvalue weighted by molar-refractivity contribution is 0.0936. The van der Waals surface area contributed by atoms with Crippen LogP contribution in [0.3, 0.4) is 0 Å². The van der Waals surface area contributed by atoms with Crippen LogP contribution >= 0.6 is 0 Å². The molecule has 0 fully saturated rings. The molecule has 0 spiro atoms. The Hall–Kier alpha value is -0.630. The van der Waals surface area contributed by atoms with Crippen molar-refractivity contribution >= 4 is 0 Å². The molecule has 0 rings (SSSR count). The Bertz CT molecular complexity index is 121. The predicted molar refractivity (Wildman–Crippen MR) is 36.2 cm³/mol. The summed E-state index contributed by atoms with van der Waals surface area (Å²) in [6.45, 7) is 1.67. The number of hydrogen-bond acceptors (Lipinski definition) is 4. The molecule has 0 aliphatic carbocycles. The third-order valence-corrected chi connectivity index (χ3v) is 1.06. The first-order chi connectivity index (χ1) is 4.70. The Morgan fingerprint density at radius 3 is 2.70 bits per heavy atom. The fourth-order valence-electron chi connectivity index (χ4n) is 0.423. The van der Waals surface area contributed by atoms with Gasteiger partial charge in [0.15, 0.2) is 0 Å². The van der Waals surface area contributed by atoms with Crippen LogP contribution in [-0.2, 0) is 0 Å². The second-order valence-electron chi connectivity index (χ2n) is 2.10. The first-order valence-electron chi connectivity index (χ1n) is 3.12. The quantitative estimate of drug-likeness (QED) is 0.465. The molecule has 0 aromatic carbocycles. The zero-order valence-electron chi connectivity index (χ0n) is 5.91. The summed E-state index contributed by atoms with van der Waals surface area (Å²) in [6, 6.07) is 1.66. The summed E-state index contributed by atoms with van der Waals surface area (Å²) in [7, 11) is 0. The smallest absolute Gasteiger partial charge is 0.0925 e. The van der Waals surface area contributed by atoms with E-state index in [2.05, 4.69) is 5.32 Å². The average Bonchev–Trinajstić information content (AvgIpc) is 1.99. The first-order valence-corrected chi connectivity index (χ1v) is 3.12. The zero-order valence-corrected chi connectivity index (χ0v) is 5.91. The minimum absolute atomic E-state index is 0.255. The van der Waals surface area contributed by atoms with Crippen molar-refractivity contribution in [2.24, 2.45) is 0 Å². The Kier molecular flexibility index (Phi) is 4.85. The van der Waals surface area contributed by atoms with Crippen molar-refractivity contribution < 1.29 is 10.2 Å². The van der Waals surface area contributed by atoms with Gasteiger partial charge in [-0.05, 0) is 6.92 Å². The van der Waals surface area contributed by atoms with Crippen LogP contribution in [-0.4, -0.2) is 35.5 Å². The van der Waals surface area contributed by atoms with Gasteiger partial charge in [-0.25, -0.2) is 0 Å². The predicted octanol–water partition coefficient (Wildman–Crippen LogP) is -1.16. The van der Waals surface area contributed by atoms with Gasteiger partial charge in [0.2, 0.25) is 0 Å². The van der Waals surface area contributed by atoms with Crippen molar-refractivity contribution in [2.75, 3.05) is 13.2 Å². The summed E-state index contributed by atoms with van der Waals surface area (Å²) < 4.78 is 0. The number of nitriles is 1. The summed E-state index contributed by atoms with van der Waals surface area (Å²) in [5.74, 6) is 0. The van der Waals surface area contributed by atoms with Crippen LogP contribution in [0.5, 0.6) is 0 Å². The van der Waals surface area contributed by atoms with Crippen molar-refractivity contribution in [3.05, 3.63) is 0 Å². The van der Waals surface area contributed by atoms with E-state index < -0.39 is 6.10 Å². The minimum atomic E-state index is -0.768. The van der Waals surface area contributed by atoms with Crippen LogP contribution in [0.1, 0.15) is 6.92 Å². The number of nitrogens with one attached hydrogen (secondary N) is 1. The van der Waals surface area contributed by atoms with E-state index in [-0.39, 0.29) is 19.2 Å². The fraction of sp³-hybridized carbons (Fsp3) is 0.833. The summed E-state index contributed by atoms with van der Waals surface area (Å²) in [6.07, 6.45) is -0.768. The summed E-state index contributed by atoms with van der Waals surface area (Å²) in [4.78, 5) is 0. The van der Waals surface area contributed by atoms with E-state index >= 15 is 0 Å². The SMILES string of the molecule is CC(C#N)NCC(O)CO. The van der Waals surface area contributed by atoms with Gasteiger partial charge in [0.1, 0.15) is 0 Å². The Morgan fingerprint density at radius 2 is 2.30 bits per heavy atom. The second-order valence-corrected chi connectivity index (χ2v) is 2.10. The number of aliphatic hydroxyl groups excluding tert-OH is 2. The number of hydrogen-bond donors (Lipinski definition) is 3. The van der Waals surface area contributed by atoms with Gasteiger partial charge in [-0.3, -0.25) is 5.32 Å². The highest BCUT2D eigenvalue weighted by Crippen LogP contribution is 1.80. The molecular formula is C6H12N2O2. The van der Waals surface area contributed by atoms with E-state index in [1.54, 1.807) is 6.92 Å². The van der Waals surface area contributed by atoms with Crippen LogP contribution in [0.4, 0.5) is 0 Å². The van der Waals surface area contributed by atoms with Crippen molar-refractivity contribution in [3.63, 3.8) is 0 Å². The maximum atomic E-state index is 8.78. The molecular weight excluding hydrogens is 132 g/mol. The largest absolute Gasteiger partial charge is 0.394 e. The summed E-state index contributed by atoms with van der Waals surface area (Å²) in [5, 5.41) is 28.1. The minimum Gasteiger partial charge on any atom is -0.394 e. The molecule has 4 heteroatoms. The van der Waals surface area contributed by atoms with Crippen molar-refractivity contribution in [1.29, 1.82) is 5.26 Å². The maximum absolute atomic E-state index is 8.78. The molecule has 0 aliphatic heterocycles. The number of nitrogens with zero attached hydrogens (tertiary/aromatic N) is 1. The van der Waals surface area contributed by atoms with E-state index in [1.807, 2.05) is 6.07 Å². The molecule has 0 aliphatic rings. The lowest BCUT2D eigenvalue weighted by Crippen LogP contribution is -2.34. The highest BCUT2D eigenvalue weighted by molar-refractivity contribution is 4.85.